The summed E-state index contributed by atoms with van der Waals surface area (Å²) >= 11 is 0. The van der Waals surface area contributed by atoms with Crippen LogP contribution < -0.4 is 16.0 Å². The molecule has 240 valence electrons. The highest BCUT2D eigenvalue weighted by molar-refractivity contribution is 6.04. The number of amides is 3. The first-order valence-electron chi connectivity index (χ1n) is 17.2. The van der Waals surface area contributed by atoms with E-state index in [1.165, 1.54) is 77.0 Å². The molecule has 42 heavy (non-hydrogen) atoms. The fourth-order valence-electron chi connectivity index (χ4n) is 5.19. The van der Waals surface area contributed by atoms with Crippen LogP contribution in [0.1, 0.15) is 169 Å². The fourth-order valence-corrected chi connectivity index (χ4v) is 5.19. The lowest BCUT2D eigenvalue weighted by Gasteiger charge is -2.16. The molecule has 0 fully saturated rings. The highest BCUT2D eigenvalue weighted by Crippen LogP contribution is 2.15. The summed E-state index contributed by atoms with van der Waals surface area (Å²) < 4.78 is 0. The van der Waals surface area contributed by atoms with Gasteiger partial charge in [0.1, 0.15) is 0 Å². The zero-order valence-corrected chi connectivity index (χ0v) is 27.9. The molecule has 0 spiro atoms. The standard InChI is InChI=1S/C36H63N3O3/c1-7-10-13-16-19-28(4)25-37-34(40)31-22-32(35(41)38-26-29(5)20-17-14-11-8-2)24-33(23-31)36(42)39-27-30(6)21-18-15-12-9-3/h22-24,28-30H,7-21,25-27H2,1-6H3,(H,37,40)(H,38,41)(H,39,42)/t28-,29-,30-/m0/s1. The summed E-state index contributed by atoms with van der Waals surface area (Å²) in [6, 6.07) is 4.86. The maximum atomic E-state index is 13.2. The second kappa shape index (κ2) is 23.1. The van der Waals surface area contributed by atoms with Crippen molar-refractivity contribution < 1.29 is 14.4 Å². The van der Waals surface area contributed by atoms with Gasteiger partial charge < -0.3 is 16.0 Å². The zero-order chi connectivity index (χ0) is 31.2. The van der Waals surface area contributed by atoms with E-state index in [0.717, 1.165) is 19.3 Å². The minimum absolute atomic E-state index is 0.243. The summed E-state index contributed by atoms with van der Waals surface area (Å²) in [7, 11) is 0. The molecule has 3 atom stereocenters. The molecule has 1 rings (SSSR count). The largest absolute Gasteiger partial charge is 0.352 e. The molecule has 6 heteroatoms. The van der Waals surface area contributed by atoms with Crippen molar-refractivity contribution in [2.24, 2.45) is 17.8 Å². The van der Waals surface area contributed by atoms with Gasteiger partial charge in [-0.3, -0.25) is 14.4 Å². The number of rotatable bonds is 24. The topological polar surface area (TPSA) is 87.3 Å². The van der Waals surface area contributed by atoms with Crippen molar-refractivity contribution in [1.29, 1.82) is 0 Å². The third-order valence-electron chi connectivity index (χ3n) is 8.20. The second-order valence-corrected chi connectivity index (χ2v) is 12.8. The minimum atomic E-state index is -0.243. The van der Waals surface area contributed by atoms with Gasteiger partial charge in [0.05, 0.1) is 0 Å². The van der Waals surface area contributed by atoms with Gasteiger partial charge in [0.2, 0.25) is 0 Å². The molecule has 0 aliphatic heterocycles. The molecule has 0 aliphatic carbocycles. The molecule has 6 nitrogen and oxygen atoms in total. The molecular weight excluding hydrogens is 522 g/mol. The Balaban J connectivity index is 2.90. The van der Waals surface area contributed by atoms with Crippen LogP contribution in [0, 0.1) is 17.8 Å². The Morgan fingerprint density at radius 1 is 0.476 bits per heavy atom. The summed E-state index contributed by atoms with van der Waals surface area (Å²) in [5.41, 5.74) is 1.06. The van der Waals surface area contributed by atoms with Gasteiger partial charge in [-0.25, -0.2) is 0 Å². The van der Waals surface area contributed by atoms with Crippen LogP contribution in [0.4, 0.5) is 0 Å². The van der Waals surface area contributed by atoms with Crippen LogP contribution >= 0.6 is 0 Å². The summed E-state index contributed by atoms with van der Waals surface area (Å²) in [4.78, 5) is 39.5. The molecule has 3 amide bonds. The van der Waals surface area contributed by atoms with Crippen molar-refractivity contribution in [3.8, 4) is 0 Å². The Morgan fingerprint density at radius 3 is 0.976 bits per heavy atom. The molecule has 0 aliphatic rings. The van der Waals surface area contributed by atoms with Gasteiger partial charge in [-0.2, -0.15) is 0 Å². The van der Waals surface area contributed by atoms with E-state index in [4.69, 9.17) is 0 Å². The predicted octanol–water partition coefficient (Wildman–Crippen LogP) is 8.70. The van der Waals surface area contributed by atoms with Crippen molar-refractivity contribution in [2.45, 2.75) is 138 Å². The number of nitrogens with one attached hydrogen (secondary N) is 3. The van der Waals surface area contributed by atoms with Crippen LogP contribution in [0.2, 0.25) is 0 Å². The summed E-state index contributed by atoms with van der Waals surface area (Å²) in [5, 5.41) is 9.11. The number of hydrogen-bond donors (Lipinski definition) is 3. The average Bonchev–Trinajstić information content (AvgIpc) is 2.99. The number of benzene rings is 1. The fraction of sp³-hybridized carbons (Fsp3) is 0.750. The van der Waals surface area contributed by atoms with Crippen LogP contribution in [0.15, 0.2) is 18.2 Å². The Morgan fingerprint density at radius 2 is 0.738 bits per heavy atom. The smallest absolute Gasteiger partial charge is 0.251 e. The SMILES string of the molecule is CCCCCC[C@H](C)CNC(=O)c1cc(C(=O)NC[C@@H](C)CCCCCC)cc(C(=O)NC[C@@H](C)CCCCCC)c1. The Hall–Kier alpha value is -2.37. The lowest BCUT2D eigenvalue weighted by molar-refractivity contribution is 0.0947. The molecule has 1 aromatic carbocycles. The van der Waals surface area contributed by atoms with E-state index >= 15 is 0 Å². The minimum Gasteiger partial charge on any atom is -0.352 e. The maximum Gasteiger partial charge on any atom is 0.251 e. The molecule has 1 aromatic rings. The number of unbranched alkanes of at least 4 members (excludes halogenated alkanes) is 9. The van der Waals surface area contributed by atoms with Crippen LogP contribution in [0.5, 0.6) is 0 Å². The first-order valence-corrected chi connectivity index (χ1v) is 17.2. The van der Waals surface area contributed by atoms with Gasteiger partial charge in [0, 0.05) is 36.3 Å². The van der Waals surface area contributed by atoms with Crippen LogP contribution in [-0.4, -0.2) is 37.4 Å². The van der Waals surface area contributed by atoms with E-state index < -0.39 is 0 Å². The molecule has 0 saturated carbocycles. The van der Waals surface area contributed by atoms with E-state index in [0.29, 0.717) is 54.1 Å². The summed E-state index contributed by atoms with van der Waals surface area (Å²) in [5.74, 6) is 0.390. The van der Waals surface area contributed by atoms with Crippen molar-refractivity contribution in [3.63, 3.8) is 0 Å². The number of carbonyl (C=O) groups is 3. The third-order valence-corrected chi connectivity index (χ3v) is 8.20. The van der Waals surface area contributed by atoms with Gasteiger partial charge in [0.25, 0.3) is 17.7 Å². The van der Waals surface area contributed by atoms with Crippen molar-refractivity contribution in [3.05, 3.63) is 34.9 Å². The second-order valence-electron chi connectivity index (χ2n) is 12.8. The summed E-state index contributed by atoms with van der Waals surface area (Å²) in [6.45, 7) is 14.8. The van der Waals surface area contributed by atoms with E-state index in [9.17, 15) is 14.4 Å². The first-order chi connectivity index (χ1) is 20.2. The maximum absolute atomic E-state index is 13.2. The third kappa shape index (κ3) is 16.9. The molecular formula is C36H63N3O3. The molecule has 0 aromatic heterocycles. The zero-order valence-electron chi connectivity index (χ0n) is 27.9. The van der Waals surface area contributed by atoms with Gasteiger partial charge >= 0.3 is 0 Å². The van der Waals surface area contributed by atoms with Gasteiger partial charge in [-0.15, -0.1) is 0 Å². The molecule has 0 unspecified atom stereocenters. The molecule has 0 heterocycles. The normalized spacial score (nSPS) is 13.3. The molecule has 0 bridgehead atoms. The number of hydrogen-bond acceptors (Lipinski definition) is 3. The predicted molar refractivity (Wildman–Crippen MR) is 177 cm³/mol. The quantitative estimate of drug-likeness (QED) is 0.106. The molecule has 3 N–H and O–H groups in total. The number of carbonyl (C=O) groups excluding carboxylic acids is 3. The lowest BCUT2D eigenvalue weighted by Crippen LogP contribution is -2.32. The highest BCUT2D eigenvalue weighted by atomic mass is 16.2. The van der Waals surface area contributed by atoms with Crippen molar-refractivity contribution in [2.75, 3.05) is 19.6 Å². The van der Waals surface area contributed by atoms with Crippen LogP contribution in [0.25, 0.3) is 0 Å². The highest BCUT2D eigenvalue weighted by Gasteiger charge is 2.18. The van der Waals surface area contributed by atoms with Crippen molar-refractivity contribution >= 4 is 17.7 Å². The first kappa shape index (κ1) is 37.7. The Kier molecular flexibility index (Phi) is 20.7. The van der Waals surface area contributed by atoms with E-state index in [-0.39, 0.29) is 17.7 Å². The van der Waals surface area contributed by atoms with Gasteiger partial charge in [0.15, 0.2) is 0 Å². The monoisotopic (exact) mass is 585 g/mol. The van der Waals surface area contributed by atoms with Gasteiger partial charge in [-0.1, -0.05) is 119 Å². The van der Waals surface area contributed by atoms with Crippen LogP contribution in [-0.2, 0) is 0 Å². The average molecular weight is 586 g/mol. The lowest BCUT2D eigenvalue weighted by atomic mass is 10.0. The van der Waals surface area contributed by atoms with Crippen molar-refractivity contribution in [1.82, 2.24) is 16.0 Å². The van der Waals surface area contributed by atoms with Crippen LogP contribution in [0.3, 0.4) is 0 Å². The van der Waals surface area contributed by atoms with E-state index in [2.05, 4.69) is 57.5 Å². The van der Waals surface area contributed by atoms with E-state index in [1.54, 1.807) is 18.2 Å². The Labute approximate surface area is 258 Å². The summed E-state index contributed by atoms with van der Waals surface area (Å²) in [6.07, 6.45) is 17.7. The van der Waals surface area contributed by atoms with Gasteiger partial charge in [-0.05, 0) is 55.2 Å². The van der Waals surface area contributed by atoms with E-state index in [1.807, 2.05) is 0 Å². The molecule has 0 saturated heterocycles. The Bertz CT molecular complexity index is 774. The molecule has 0 radical (unpaired) electrons.